The monoisotopic (exact) mass is 595 g/mol. The van der Waals surface area contributed by atoms with Crippen LogP contribution in [0.1, 0.15) is 63.5 Å². The molecule has 232 valence electrons. The molecule has 0 saturated carbocycles. The molecule has 0 spiro atoms. The standard InChI is InChI=1S/C37H45N3O4/c1-6-8-17-30(36-34(43-4)25-33(42-3)26-35(36)44-5)21-20-29(7-2)31-18-14-22-38-40(27-31)37(41)39-23-13-12-19-32(39)24-28-15-10-9-11-16-28/h7,9-11,14-17,20-21,25-27,32H,6,8,12-13,18-19,23-24H2,1-5H3/b21-20-,29-7+,30-17-. The second-order valence-corrected chi connectivity index (χ2v) is 10.9. The number of ether oxygens (including phenoxy) is 3. The minimum Gasteiger partial charge on any atom is -0.496 e. The maximum Gasteiger partial charge on any atom is 0.345 e. The third kappa shape index (κ3) is 8.12. The Kier molecular flexibility index (Phi) is 12.1. The van der Waals surface area contributed by atoms with Crippen LogP contribution in [-0.4, -0.2) is 55.7 Å². The van der Waals surface area contributed by atoms with Crippen LogP contribution < -0.4 is 14.2 Å². The van der Waals surface area contributed by atoms with Crippen LogP contribution in [0, 0.1) is 0 Å². The maximum absolute atomic E-state index is 13.9. The second-order valence-electron chi connectivity index (χ2n) is 10.9. The molecule has 2 aliphatic heterocycles. The minimum absolute atomic E-state index is 0.110. The number of hydrazone groups is 1. The summed E-state index contributed by atoms with van der Waals surface area (Å²) < 4.78 is 17.0. The van der Waals surface area contributed by atoms with E-state index in [1.54, 1.807) is 21.3 Å². The van der Waals surface area contributed by atoms with Gasteiger partial charge < -0.3 is 19.1 Å². The molecule has 1 unspecified atom stereocenters. The highest BCUT2D eigenvalue weighted by molar-refractivity contribution is 5.83. The molecule has 2 aromatic rings. The van der Waals surface area contributed by atoms with Crippen LogP contribution in [0.15, 0.2) is 95.3 Å². The van der Waals surface area contributed by atoms with Crippen molar-refractivity contribution < 1.29 is 19.0 Å². The zero-order valence-electron chi connectivity index (χ0n) is 26.7. The summed E-state index contributed by atoms with van der Waals surface area (Å²) in [5.74, 6) is 4.97. The third-order valence-electron chi connectivity index (χ3n) is 8.02. The molecule has 44 heavy (non-hydrogen) atoms. The van der Waals surface area contributed by atoms with Gasteiger partial charge in [0.1, 0.15) is 17.2 Å². The largest absolute Gasteiger partial charge is 0.496 e. The molecule has 1 atom stereocenters. The lowest BCUT2D eigenvalue weighted by atomic mass is 9.96. The maximum atomic E-state index is 13.9. The molecule has 2 amide bonds. The van der Waals surface area contributed by atoms with Crippen LogP contribution in [0.5, 0.6) is 17.2 Å². The van der Waals surface area contributed by atoms with Gasteiger partial charge in [-0.25, -0.2) is 4.79 Å². The van der Waals surface area contributed by atoms with E-state index in [-0.39, 0.29) is 12.1 Å². The van der Waals surface area contributed by atoms with Gasteiger partial charge >= 0.3 is 6.03 Å². The highest BCUT2D eigenvalue weighted by Gasteiger charge is 2.30. The molecular weight excluding hydrogens is 550 g/mol. The number of hydrogen-bond donors (Lipinski definition) is 0. The predicted molar refractivity (Wildman–Crippen MR) is 178 cm³/mol. The molecule has 2 aliphatic rings. The number of carbonyl (C=O) groups is 1. The summed E-state index contributed by atoms with van der Waals surface area (Å²) in [4.78, 5) is 15.9. The Morgan fingerprint density at radius 1 is 1.02 bits per heavy atom. The molecule has 7 nitrogen and oxygen atoms in total. The lowest BCUT2D eigenvalue weighted by molar-refractivity contribution is 0.128. The van der Waals surface area contributed by atoms with Crippen molar-refractivity contribution in [3.05, 3.63) is 101 Å². The van der Waals surface area contributed by atoms with Crippen molar-refractivity contribution in [1.82, 2.24) is 9.91 Å². The number of allylic oxidation sites excluding steroid dienone is 8. The third-order valence-corrected chi connectivity index (χ3v) is 8.02. The number of unbranched alkanes of at least 4 members (excludes halogenated alkanes) is 1. The highest BCUT2D eigenvalue weighted by atomic mass is 16.5. The summed E-state index contributed by atoms with van der Waals surface area (Å²) in [5.41, 5.74) is 5.05. The Bertz CT molecular complexity index is 1440. The number of benzene rings is 2. The number of piperidine rings is 1. The van der Waals surface area contributed by atoms with Crippen molar-refractivity contribution in [2.75, 3.05) is 27.9 Å². The number of likely N-dealkylation sites (tertiary alicyclic amines) is 1. The van der Waals surface area contributed by atoms with Crippen molar-refractivity contribution in [3.8, 4) is 17.2 Å². The molecule has 2 heterocycles. The molecule has 0 bridgehead atoms. The van der Waals surface area contributed by atoms with Gasteiger partial charge in [-0.15, -0.1) is 5.10 Å². The van der Waals surface area contributed by atoms with E-state index < -0.39 is 0 Å². The first-order valence-corrected chi connectivity index (χ1v) is 15.5. The lowest BCUT2D eigenvalue weighted by Crippen LogP contribution is -2.48. The van der Waals surface area contributed by atoms with Crippen LogP contribution >= 0.6 is 0 Å². The number of rotatable bonds is 11. The van der Waals surface area contributed by atoms with E-state index in [1.807, 2.05) is 42.3 Å². The Morgan fingerprint density at radius 3 is 2.41 bits per heavy atom. The lowest BCUT2D eigenvalue weighted by Gasteiger charge is -2.37. The first-order chi connectivity index (χ1) is 21.5. The van der Waals surface area contributed by atoms with E-state index in [0.29, 0.717) is 23.7 Å². The summed E-state index contributed by atoms with van der Waals surface area (Å²) in [6.07, 6.45) is 18.6. The first-order valence-electron chi connectivity index (χ1n) is 15.5. The van der Waals surface area contributed by atoms with Crippen LogP contribution in [0.25, 0.3) is 5.57 Å². The quantitative estimate of drug-likeness (QED) is 0.245. The zero-order valence-corrected chi connectivity index (χ0v) is 26.7. The summed E-state index contributed by atoms with van der Waals surface area (Å²) >= 11 is 0. The number of methoxy groups -OCH3 is 3. The molecule has 7 heteroatoms. The van der Waals surface area contributed by atoms with E-state index in [0.717, 1.165) is 67.4 Å². The fraction of sp³-hybridized carbons (Fsp3) is 0.378. The van der Waals surface area contributed by atoms with Crippen molar-refractivity contribution in [1.29, 1.82) is 0 Å². The van der Waals surface area contributed by atoms with Gasteiger partial charge in [0.2, 0.25) is 0 Å². The van der Waals surface area contributed by atoms with Gasteiger partial charge in [0, 0.05) is 43.2 Å². The molecule has 2 aromatic carbocycles. The van der Waals surface area contributed by atoms with Gasteiger partial charge in [-0.2, -0.15) is 5.01 Å². The number of amides is 2. The van der Waals surface area contributed by atoms with E-state index in [4.69, 9.17) is 14.2 Å². The van der Waals surface area contributed by atoms with Crippen LogP contribution in [-0.2, 0) is 6.42 Å². The van der Waals surface area contributed by atoms with E-state index in [2.05, 4.69) is 66.5 Å². The fourth-order valence-electron chi connectivity index (χ4n) is 5.67. The van der Waals surface area contributed by atoms with Crippen molar-refractivity contribution >= 4 is 17.5 Å². The van der Waals surface area contributed by atoms with E-state index >= 15 is 0 Å². The van der Waals surface area contributed by atoms with Gasteiger partial charge in [-0.05, 0) is 67.4 Å². The van der Waals surface area contributed by atoms with Gasteiger partial charge in [0.25, 0.3) is 0 Å². The SMILES string of the molecule is C\C=C(/C=C\C(=C\CCC)c1c(OC)cc(OC)cc1OC)C1=CN(C(=O)N2CCCCC2Cc2ccccc2)N=C=CC1. The highest BCUT2D eigenvalue weighted by Crippen LogP contribution is 2.40. The van der Waals surface area contributed by atoms with Crippen molar-refractivity contribution in [2.24, 2.45) is 5.10 Å². The molecular formula is C37H45N3O4. The Morgan fingerprint density at radius 2 is 1.75 bits per heavy atom. The smallest absolute Gasteiger partial charge is 0.345 e. The Balaban J connectivity index is 1.62. The number of urea groups is 1. The minimum atomic E-state index is -0.110. The van der Waals surface area contributed by atoms with Crippen LogP contribution in [0.3, 0.4) is 0 Å². The average Bonchev–Trinajstić information content (AvgIpc) is 3.33. The Labute approximate surface area is 262 Å². The molecule has 0 N–H and O–H groups in total. The van der Waals surface area contributed by atoms with Gasteiger partial charge in [0.15, 0.2) is 0 Å². The molecule has 1 fully saturated rings. The normalized spacial score (nSPS) is 17.5. The van der Waals surface area contributed by atoms with Crippen molar-refractivity contribution in [3.63, 3.8) is 0 Å². The second kappa shape index (κ2) is 16.4. The molecule has 1 saturated heterocycles. The van der Waals surface area contributed by atoms with E-state index in [1.165, 1.54) is 10.6 Å². The van der Waals surface area contributed by atoms with Gasteiger partial charge in [-0.3, -0.25) is 0 Å². The summed E-state index contributed by atoms with van der Waals surface area (Å²) in [5, 5.41) is 5.87. The predicted octanol–water partition coefficient (Wildman–Crippen LogP) is 8.35. The van der Waals surface area contributed by atoms with Crippen LogP contribution in [0.4, 0.5) is 4.79 Å². The summed E-state index contributed by atoms with van der Waals surface area (Å²) in [6, 6.07) is 14.2. The summed E-state index contributed by atoms with van der Waals surface area (Å²) in [6.45, 7) is 4.88. The Hall–Kier alpha value is -4.48. The topological polar surface area (TPSA) is 63.6 Å². The zero-order chi connectivity index (χ0) is 31.3. The molecule has 4 rings (SSSR count). The molecule has 0 aromatic heterocycles. The van der Waals surface area contributed by atoms with Crippen LogP contribution in [0.2, 0.25) is 0 Å². The average molecular weight is 596 g/mol. The van der Waals surface area contributed by atoms with E-state index in [9.17, 15) is 4.79 Å². The van der Waals surface area contributed by atoms with Gasteiger partial charge in [-0.1, -0.05) is 68.0 Å². The number of carbonyl (C=O) groups excluding carboxylic acids is 1. The molecule has 0 aliphatic carbocycles. The number of hydrogen-bond acceptors (Lipinski definition) is 5. The van der Waals surface area contributed by atoms with Gasteiger partial charge in [0.05, 0.1) is 26.9 Å². The first kappa shape index (κ1) is 32.4. The fourth-order valence-corrected chi connectivity index (χ4v) is 5.67. The molecule has 0 radical (unpaired) electrons. The van der Waals surface area contributed by atoms with Crippen molar-refractivity contribution in [2.45, 2.75) is 64.8 Å². The summed E-state index contributed by atoms with van der Waals surface area (Å²) in [7, 11) is 4.93. The number of nitrogens with zero attached hydrogens (tertiary/aromatic N) is 3.